The Morgan fingerprint density at radius 1 is 1.11 bits per heavy atom. The molecule has 1 unspecified atom stereocenters. The molecule has 1 aromatic carbocycles. The smallest absolute Gasteiger partial charge is 0.239 e. The summed E-state index contributed by atoms with van der Waals surface area (Å²) < 4.78 is 20.8. The molecule has 0 radical (unpaired) electrons. The van der Waals surface area contributed by atoms with Crippen LogP contribution in [0.15, 0.2) is 55.1 Å². The highest BCUT2D eigenvalue weighted by atomic mass is 19.1. The summed E-state index contributed by atoms with van der Waals surface area (Å²) in [4.78, 5) is 24.3. The van der Waals surface area contributed by atoms with Gasteiger partial charge in [-0.3, -0.25) is 9.69 Å². The minimum Gasteiger partial charge on any atom is -0.453 e. The molecule has 1 atom stereocenters. The second kappa shape index (κ2) is 10.4. The van der Waals surface area contributed by atoms with Crippen molar-refractivity contribution in [3.63, 3.8) is 0 Å². The van der Waals surface area contributed by atoms with Crippen LogP contribution < -0.4 is 10.5 Å². The number of carbonyl (C=O) groups is 1. The topological polar surface area (TPSA) is 113 Å². The van der Waals surface area contributed by atoms with Crippen molar-refractivity contribution < 1.29 is 13.9 Å². The number of piperazine rings is 1. The van der Waals surface area contributed by atoms with E-state index >= 15 is 0 Å². The van der Waals surface area contributed by atoms with Crippen LogP contribution in [0.2, 0.25) is 0 Å². The second-order valence-electron chi connectivity index (χ2n) is 9.03. The fraction of sp³-hybridized carbons (Fsp3) is 0.308. The molecule has 1 aliphatic rings. The molecule has 4 heterocycles. The Hall–Kier alpha value is -3.89. The SMILES string of the molecule is Cc1c[nH]c2nccc(Oc3ccc(CC(N)C(=O)N4CCN(Cc5ccnnc5)CC4)cc3F)c12. The van der Waals surface area contributed by atoms with E-state index in [1.165, 1.54) is 6.07 Å². The molecule has 186 valence electrons. The van der Waals surface area contributed by atoms with Crippen molar-refractivity contribution in [2.75, 3.05) is 26.2 Å². The summed E-state index contributed by atoms with van der Waals surface area (Å²) in [5, 5.41) is 8.52. The Bertz CT molecular complexity index is 1350. The zero-order valence-electron chi connectivity index (χ0n) is 20.0. The van der Waals surface area contributed by atoms with Crippen LogP contribution in [0.5, 0.6) is 11.5 Å². The zero-order valence-corrected chi connectivity index (χ0v) is 20.0. The fourth-order valence-corrected chi connectivity index (χ4v) is 4.51. The van der Waals surface area contributed by atoms with Crippen LogP contribution in [-0.4, -0.2) is 68.1 Å². The molecule has 5 rings (SSSR count). The lowest BCUT2D eigenvalue weighted by atomic mass is 10.0. The molecule has 0 saturated carbocycles. The summed E-state index contributed by atoms with van der Waals surface area (Å²) in [6.45, 7) is 5.42. The number of rotatable bonds is 7. The summed E-state index contributed by atoms with van der Waals surface area (Å²) in [5.41, 5.74) is 9.61. The van der Waals surface area contributed by atoms with E-state index < -0.39 is 11.9 Å². The van der Waals surface area contributed by atoms with Gasteiger partial charge in [-0.1, -0.05) is 6.07 Å². The molecule has 1 saturated heterocycles. The number of fused-ring (bicyclic) bond motifs is 1. The van der Waals surface area contributed by atoms with Gasteiger partial charge in [0.05, 0.1) is 17.6 Å². The molecule has 4 aromatic rings. The zero-order chi connectivity index (χ0) is 25.1. The van der Waals surface area contributed by atoms with Crippen molar-refractivity contribution in [2.45, 2.75) is 25.9 Å². The molecule has 0 bridgehead atoms. The van der Waals surface area contributed by atoms with E-state index in [9.17, 15) is 9.18 Å². The number of carbonyl (C=O) groups excluding carboxylic acids is 1. The first-order valence-electron chi connectivity index (χ1n) is 11.9. The van der Waals surface area contributed by atoms with Gasteiger partial charge in [-0.15, -0.1) is 0 Å². The molecule has 36 heavy (non-hydrogen) atoms. The number of ether oxygens (including phenoxy) is 1. The number of aromatic amines is 1. The van der Waals surface area contributed by atoms with Crippen LogP contribution in [0.25, 0.3) is 11.0 Å². The molecule has 9 nitrogen and oxygen atoms in total. The number of amides is 1. The summed E-state index contributed by atoms with van der Waals surface area (Å²) in [5.74, 6) is -0.00327. The number of benzene rings is 1. The van der Waals surface area contributed by atoms with Crippen LogP contribution >= 0.6 is 0 Å². The third kappa shape index (κ3) is 5.19. The van der Waals surface area contributed by atoms with Crippen molar-refractivity contribution in [2.24, 2.45) is 5.73 Å². The van der Waals surface area contributed by atoms with Gasteiger partial charge in [0.1, 0.15) is 11.4 Å². The molecule has 1 amide bonds. The van der Waals surface area contributed by atoms with E-state index in [1.54, 1.807) is 41.7 Å². The molecular weight excluding hydrogens is 461 g/mol. The lowest BCUT2D eigenvalue weighted by Gasteiger charge is -2.35. The largest absolute Gasteiger partial charge is 0.453 e. The average Bonchev–Trinajstić information content (AvgIpc) is 3.28. The van der Waals surface area contributed by atoms with E-state index in [-0.39, 0.29) is 18.1 Å². The maximum absolute atomic E-state index is 14.9. The molecule has 3 aromatic heterocycles. The van der Waals surface area contributed by atoms with Gasteiger partial charge >= 0.3 is 0 Å². The standard InChI is InChI=1S/C26H28FN7O2/c1-17-14-30-25-24(17)23(5-6-29-25)36-22-3-2-18(12-20(22)27)13-21(28)26(35)34-10-8-33(9-11-34)16-19-4-7-31-32-15-19/h2-7,12,14-15,21H,8-11,13,16,28H2,1H3,(H,29,30). The Kier molecular flexibility index (Phi) is 6.88. The van der Waals surface area contributed by atoms with Gasteiger partial charge in [0, 0.05) is 51.3 Å². The lowest BCUT2D eigenvalue weighted by molar-refractivity contribution is -0.134. The first-order valence-corrected chi connectivity index (χ1v) is 11.9. The summed E-state index contributed by atoms with van der Waals surface area (Å²) in [6.07, 6.45) is 7.12. The van der Waals surface area contributed by atoms with Gasteiger partial charge in [-0.2, -0.15) is 10.2 Å². The Morgan fingerprint density at radius 3 is 2.69 bits per heavy atom. The number of hydrogen-bond donors (Lipinski definition) is 2. The fourth-order valence-electron chi connectivity index (χ4n) is 4.51. The minimum atomic E-state index is -0.741. The maximum atomic E-state index is 14.9. The molecule has 3 N–H and O–H groups in total. The molecule has 1 fully saturated rings. The number of aryl methyl sites for hydroxylation is 1. The van der Waals surface area contributed by atoms with E-state index in [2.05, 4.69) is 25.1 Å². The Morgan fingerprint density at radius 2 is 1.94 bits per heavy atom. The number of nitrogens with one attached hydrogen (secondary N) is 1. The Labute approximate surface area is 208 Å². The maximum Gasteiger partial charge on any atom is 0.239 e. The molecular formula is C26H28FN7O2. The first-order chi connectivity index (χ1) is 17.5. The number of pyridine rings is 1. The highest BCUT2D eigenvalue weighted by Gasteiger charge is 2.26. The van der Waals surface area contributed by atoms with Crippen molar-refractivity contribution in [1.82, 2.24) is 30.0 Å². The highest BCUT2D eigenvalue weighted by Crippen LogP contribution is 2.32. The van der Waals surface area contributed by atoms with E-state index in [4.69, 9.17) is 10.5 Å². The first kappa shape index (κ1) is 23.8. The molecule has 1 aliphatic heterocycles. The van der Waals surface area contributed by atoms with Gasteiger partial charge in [0.25, 0.3) is 0 Å². The molecule has 0 aliphatic carbocycles. The third-order valence-corrected chi connectivity index (χ3v) is 6.46. The van der Waals surface area contributed by atoms with Crippen LogP contribution in [-0.2, 0) is 17.8 Å². The predicted molar refractivity (Wildman–Crippen MR) is 133 cm³/mol. The highest BCUT2D eigenvalue weighted by molar-refractivity contribution is 5.86. The summed E-state index contributed by atoms with van der Waals surface area (Å²) in [7, 11) is 0. The minimum absolute atomic E-state index is 0.104. The second-order valence-corrected chi connectivity index (χ2v) is 9.03. The average molecular weight is 490 g/mol. The van der Waals surface area contributed by atoms with E-state index in [0.29, 0.717) is 30.0 Å². The number of nitrogens with two attached hydrogens (primary N) is 1. The Balaban J connectivity index is 1.17. The molecule has 10 heteroatoms. The normalized spacial score (nSPS) is 15.2. The van der Waals surface area contributed by atoms with Crippen LogP contribution in [0.4, 0.5) is 4.39 Å². The van der Waals surface area contributed by atoms with Gasteiger partial charge in [-0.05, 0) is 54.3 Å². The van der Waals surface area contributed by atoms with Crippen LogP contribution in [0.3, 0.4) is 0 Å². The van der Waals surface area contributed by atoms with Crippen LogP contribution in [0, 0.1) is 12.7 Å². The van der Waals surface area contributed by atoms with Crippen LogP contribution in [0.1, 0.15) is 16.7 Å². The van der Waals surface area contributed by atoms with Gasteiger partial charge in [0.15, 0.2) is 11.6 Å². The van der Waals surface area contributed by atoms with Gasteiger partial charge in [0.2, 0.25) is 5.91 Å². The van der Waals surface area contributed by atoms with Crippen molar-refractivity contribution >= 4 is 16.9 Å². The van der Waals surface area contributed by atoms with Crippen molar-refractivity contribution in [3.8, 4) is 11.5 Å². The van der Waals surface area contributed by atoms with Crippen molar-refractivity contribution in [1.29, 1.82) is 0 Å². The molecule has 0 spiro atoms. The van der Waals surface area contributed by atoms with E-state index in [0.717, 1.165) is 36.1 Å². The monoisotopic (exact) mass is 489 g/mol. The third-order valence-electron chi connectivity index (χ3n) is 6.46. The number of H-pyrrole nitrogens is 1. The van der Waals surface area contributed by atoms with Gasteiger partial charge in [-0.25, -0.2) is 9.37 Å². The number of halogens is 1. The quantitative estimate of drug-likeness (QED) is 0.410. The summed E-state index contributed by atoms with van der Waals surface area (Å²) in [6, 6.07) is 7.60. The lowest BCUT2D eigenvalue weighted by Crippen LogP contribution is -2.53. The van der Waals surface area contributed by atoms with E-state index in [1.807, 2.05) is 19.2 Å². The summed E-state index contributed by atoms with van der Waals surface area (Å²) >= 11 is 0. The van der Waals surface area contributed by atoms with Gasteiger partial charge < -0.3 is 20.4 Å². The number of nitrogens with zero attached hydrogens (tertiary/aromatic N) is 5. The van der Waals surface area contributed by atoms with Crippen molar-refractivity contribution in [3.05, 3.63) is 77.6 Å². The predicted octanol–water partition coefficient (Wildman–Crippen LogP) is 2.81. The number of aromatic nitrogens is 4. The number of hydrogen-bond acceptors (Lipinski definition) is 7.